The van der Waals surface area contributed by atoms with E-state index in [0.717, 1.165) is 0 Å². The minimum Gasteiger partial charge on any atom is -0.0805 e. The van der Waals surface area contributed by atoms with Crippen LogP contribution in [0.5, 0.6) is 0 Å². The van der Waals surface area contributed by atoms with Crippen LogP contribution in [-0.4, -0.2) is 18.9 Å². The standard InChI is InChI=1S/C11H18.Li/c1-2-3-4-5-8-11-9-6-7-10-11;/h6-7,9H,2-5,8,10H2,1H3;. The quantitative estimate of drug-likeness (QED) is 0.423. The van der Waals surface area contributed by atoms with E-state index in [-0.39, 0.29) is 18.9 Å². The molecule has 0 fully saturated rings. The largest absolute Gasteiger partial charge is 0.0805 e. The van der Waals surface area contributed by atoms with Crippen molar-refractivity contribution >= 4 is 18.9 Å². The number of rotatable bonds is 5. The van der Waals surface area contributed by atoms with Crippen molar-refractivity contribution in [2.24, 2.45) is 0 Å². The number of hydrogen-bond donors (Lipinski definition) is 0. The van der Waals surface area contributed by atoms with Gasteiger partial charge in [-0.15, -0.1) is 0 Å². The Labute approximate surface area is 88.3 Å². The molecule has 0 aromatic rings. The molecule has 1 heteroatoms. The Morgan fingerprint density at radius 3 is 2.67 bits per heavy atom. The SMILES string of the molecule is CCCCCCC1=CC=CC1.[Li]. The van der Waals surface area contributed by atoms with Gasteiger partial charge in [0.25, 0.3) is 0 Å². The van der Waals surface area contributed by atoms with Gasteiger partial charge < -0.3 is 0 Å². The summed E-state index contributed by atoms with van der Waals surface area (Å²) < 4.78 is 0. The molecular formula is C11H18Li. The van der Waals surface area contributed by atoms with Gasteiger partial charge in [0, 0.05) is 18.9 Å². The van der Waals surface area contributed by atoms with Crippen molar-refractivity contribution < 1.29 is 0 Å². The third kappa shape index (κ3) is 4.86. The van der Waals surface area contributed by atoms with Crippen LogP contribution >= 0.6 is 0 Å². The zero-order chi connectivity index (χ0) is 7.94. The van der Waals surface area contributed by atoms with E-state index in [2.05, 4.69) is 25.2 Å². The van der Waals surface area contributed by atoms with E-state index in [9.17, 15) is 0 Å². The molecule has 1 radical (unpaired) electrons. The van der Waals surface area contributed by atoms with Gasteiger partial charge in [0.15, 0.2) is 0 Å². The van der Waals surface area contributed by atoms with Crippen LogP contribution in [0.2, 0.25) is 0 Å². The maximum absolute atomic E-state index is 2.27. The molecule has 63 valence electrons. The summed E-state index contributed by atoms with van der Waals surface area (Å²) >= 11 is 0. The van der Waals surface area contributed by atoms with Crippen LogP contribution < -0.4 is 0 Å². The van der Waals surface area contributed by atoms with Crippen molar-refractivity contribution in [3.8, 4) is 0 Å². The molecule has 0 nitrogen and oxygen atoms in total. The fourth-order valence-corrected chi connectivity index (χ4v) is 1.46. The average Bonchev–Trinajstić information content (AvgIpc) is 2.50. The second kappa shape index (κ2) is 7.71. The molecule has 0 heterocycles. The first-order valence-corrected chi connectivity index (χ1v) is 4.78. The molecule has 0 saturated heterocycles. The molecule has 12 heavy (non-hydrogen) atoms. The van der Waals surface area contributed by atoms with Crippen molar-refractivity contribution in [1.82, 2.24) is 0 Å². The van der Waals surface area contributed by atoms with E-state index in [1.165, 1.54) is 38.5 Å². The van der Waals surface area contributed by atoms with Gasteiger partial charge in [0.1, 0.15) is 0 Å². The molecule has 1 aliphatic rings. The molecule has 0 bridgehead atoms. The minimum atomic E-state index is 0. The summed E-state index contributed by atoms with van der Waals surface area (Å²) in [5.41, 5.74) is 1.63. The predicted octanol–water partition coefficient (Wildman–Crippen LogP) is 3.46. The minimum absolute atomic E-state index is 0. The van der Waals surface area contributed by atoms with Crippen molar-refractivity contribution in [1.29, 1.82) is 0 Å². The summed E-state index contributed by atoms with van der Waals surface area (Å²) in [7, 11) is 0. The fraction of sp³-hybridized carbons (Fsp3) is 0.636. The smallest absolute Gasteiger partial charge is 0 e. The molecule has 0 unspecified atom stereocenters. The van der Waals surface area contributed by atoms with E-state index in [0.29, 0.717) is 0 Å². The summed E-state index contributed by atoms with van der Waals surface area (Å²) in [5, 5.41) is 0. The van der Waals surface area contributed by atoms with Gasteiger partial charge in [0.2, 0.25) is 0 Å². The average molecular weight is 157 g/mol. The van der Waals surface area contributed by atoms with Gasteiger partial charge in [-0.2, -0.15) is 0 Å². The van der Waals surface area contributed by atoms with Crippen LogP contribution in [0.15, 0.2) is 23.8 Å². The van der Waals surface area contributed by atoms with Crippen molar-refractivity contribution in [2.75, 3.05) is 0 Å². The van der Waals surface area contributed by atoms with Crippen LogP contribution in [0.3, 0.4) is 0 Å². The van der Waals surface area contributed by atoms with E-state index in [1.54, 1.807) is 5.57 Å². The molecular weight excluding hydrogens is 139 g/mol. The van der Waals surface area contributed by atoms with Gasteiger partial charge >= 0.3 is 0 Å². The monoisotopic (exact) mass is 157 g/mol. The molecule has 0 spiro atoms. The normalized spacial score (nSPS) is 14.2. The number of unbranched alkanes of at least 4 members (excludes halogenated alkanes) is 3. The van der Waals surface area contributed by atoms with Gasteiger partial charge in [-0.05, 0) is 19.3 Å². The molecule has 1 rings (SSSR count). The first-order chi connectivity index (χ1) is 5.43. The maximum atomic E-state index is 2.27. The molecule has 0 saturated carbocycles. The Bertz CT molecular complexity index is 156. The summed E-state index contributed by atoms with van der Waals surface area (Å²) in [6.45, 7) is 2.26. The predicted molar refractivity (Wildman–Crippen MR) is 56.4 cm³/mol. The molecule has 0 N–H and O–H groups in total. The summed E-state index contributed by atoms with van der Waals surface area (Å²) in [4.78, 5) is 0. The van der Waals surface area contributed by atoms with Crippen LogP contribution in [0.25, 0.3) is 0 Å². The number of allylic oxidation sites excluding steroid dienone is 4. The van der Waals surface area contributed by atoms with Gasteiger partial charge in [-0.3, -0.25) is 0 Å². The van der Waals surface area contributed by atoms with Gasteiger partial charge in [-0.1, -0.05) is 50.0 Å². The number of hydrogen-bond acceptors (Lipinski definition) is 0. The summed E-state index contributed by atoms with van der Waals surface area (Å²) in [5.74, 6) is 0. The molecule has 1 aliphatic carbocycles. The van der Waals surface area contributed by atoms with E-state index in [4.69, 9.17) is 0 Å². The summed E-state index contributed by atoms with van der Waals surface area (Å²) in [6.07, 6.45) is 14.8. The Hall–Kier alpha value is 0.0774. The van der Waals surface area contributed by atoms with Gasteiger partial charge in [-0.25, -0.2) is 0 Å². The van der Waals surface area contributed by atoms with E-state index < -0.39 is 0 Å². The van der Waals surface area contributed by atoms with Crippen LogP contribution in [0.4, 0.5) is 0 Å². The third-order valence-corrected chi connectivity index (χ3v) is 2.20. The zero-order valence-corrected chi connectivity index (χ0v) is 8.47. The second-order valence-electron chi connectivity index (χ2n) is 3.27. The fourth-order valence-electron chi connectivity index (χ4n) is 1.46. The Balaban J connectivity index is 0.00000121. The molecule has 0 aromatic heterocycles. The summed E-state index contributed by atoms with van der Waals surface area (Å²) in [6, 6.07) is 0. The Kier molecular flexibility index (Phi) is 7.76. The van der Waals surface area contributed by atoms with Crippen molar-refractivity contribution in [3.63, 3.8) is 0 Å². The molecule has 0 amide bonds. The van der Waals surface area contributed by atoms with E-state index in [1.807, 2.05) is 0 Å². The molecule has 0 aromatic carbocycles. The van der Waals surface area contributed by atoms with Crippen molar-refractivity contribution in [3.05, 3.63) is 23.8 Å². The first kappa shape index (κ1) is 12.1. The van der Waals surface area contributed by atoms with Crippen molar-refractivity contribution in [2.45, 2.75) is 45.4 Å². The Morgan fingerprint density at radius 2 is 2.08 bits per heavy atom. The zero-order valence-electron chi connectivity index (χ0n) is 8.47. The molecule has 0 atom stereocenters. The first-order valence-electron chi connectivity index (χ1n) is 4.78. The van der Waals surface area contributed by atoms with Crippen LogP contribution in [0, 0.1) is 0 Å². The second-order valence-corrected chi connectivity index (χ2v) is 3.27. The third-order valence-electron chi connectivity index (χ3n) is 2.20. The van der Waals surface area contributed by atoms with Crippen LogP contribution in [0.1, 0.15) is 45.4 Å². The van der Waals surface area contributed by atoms with E-state index >= 15 is 0 Å². The molecule has 0 aliphatic heterocycles. The van der Waals surface area contributed by atoms with Gasteiger partial charge in [0.05, 0.1) is 0 Å². The maximum Gasteiger partial charge on any atom is 0 e. The Morgan fingerprint density at radius 1 is 1.25 bits per heavy atom. The van der Waals surface area contributed by atoms with Crippen LogP contribution in [-0.2, 0) is 0 Å². The topological polar surface area (TPSA) is 0 Å².